The summed E-state index contributed by atoms with van der Waals surface area (Å²) in [7, 11) is 0. The second-order valence-corrected chi connectivity index (χ2v) is 4.77. The summed E-state index contributed by atoms with van der Waals surface area (Å²) < 4.78 is 30.8. The topological polar surface area (TPSA) is 50.4 Å². The molecule has 1 saturated heterocycles. The zero-order valence-corrected chi connectivity index (χ0v) is 11.1. The minimum absolute atomic E-state index is 0.0294. The van der Waals surface area contributed by atoms with Gasteiger partial charge in [0, 0.05) is 18.5 Å². The van der Waals surface area contributed by atoms with Crippen LogP contribution in [0.3, 0.4) is 0 Å². The SMILES string of the molecule is O=C(CC1CCCN1)NCCOc1ccc(F)c(F)c1. The predicted molar refractivity (Wildman–Crippen MR) is 70.5 cm³/mol. The molecular weight excluding hydrogens is 266 g/mol. The third-order valence-corrected chi connectivity index (χ3v) is 3.18. The van der Waals surface area contributed by atoms with Crippen molar-refractivity contribution >= 4 is 5.91 Å². The molecule has 20 heavy (non-hydrogen) atoms. The van der Waals surface area contributed by atoms with E-state index in [2.05, 4.69) is 10.6 Å². The van der Waals surface area contributed by atoms with Crippen molar-refractivity contribution < 1.29 is 18.3 Å². The molecule has 0 saturated carbocycles. The third kappa shape index (κ3) is 4.45. The van der Waals surface area contributed by atoms with Crippen LogP contribution in [0.15, 0.2) is 18.2 Å². The third-order valence-electron chi connectivity index (χ3n) is 3.18. The number of carbonyl (C=O) groups excluding carboxylic acids is 1. The molecule has 2 N–H and O–H groups in total. The Morgan fingerprint density at radius 3 is 2.95 bits per heavy atom. The Morgan fingerprint density at radius 2 is 2.25 bits per heavy atom. The first-order chi connectivity index (χ1) is 9.65. The number of rotatable bonds is 6. The highest BCUT2D eigenvalue weighted by Gasteiger charge is 2.17. The monoisotopic (exact) mass is 284 g/mol. The standard InChI is InChI=1S/C14H18F2N2O2/c15-12-4-3-11(9-13(12)16)20-7-6-18-14(19)8-10-2-1-5-17-10/h3-4,9-10,17H,1-2,5-8H2,(H,18,19). The van der Waals surface area contributed by atoms with Gasteiger partial charge in [-0.05, 0) is 31.5 Å². The van der Waals surface area contributed by atoms with Crippen molar-refractivity contribution in [3.63, 3.8) is 0 Å². The van der Waals surface area contributed by atoms with E-state index in [1.165, 1.54) is 6.07 Å². The van der Waals surface area contributed by atoms with E-state index in [9.17, 15) is 13.6 Å². The van der Waals surface area contributed by atoms with Gasteiger partial charge in [0.2, 0.25) is 5.91 Å². The van der Waals surface area contributed by atoms with Crippen molar-refractivity contribution in [3.05, 3.63) is 29.8 Å². The number of halogens is 2. The fraction of sp³-hybridized carbons (Fsp3) is 0.500. The second kappa shape index (κ2) is 7.19. The van der Waals surface area contributed by atoms with E-state index < -0.39 is 11.6 Å². The van der Waals surface area contributed by atoms with Crippen molar-refractivity contribution in [3.8, 4) is 5.75 Å². The summed E-state index contributed by atoms with van der Waals surface area (Å²) in [5, 5.41) is 5.98. The van der Waals surface area contributed by atoms with Gasteiger partial charge < -0.3 is 15.4 Å². The van der Waals surface area contributed by atoms with Gasteiger partial charge in [-0.25, -0.2) is 8.78 Å². The number of hydrogen-bond acceptors (Lipinski definition) is 3. The molecule has 4 nitrogen and oxygen atoms in total. The Kier molecular flexibility index (Phi) is 5.29. The van der Waals surface area contributed by atoms with Gasteiger partial charge in [-0.1, -0.05) is 0 Å². The van der Waals surface area contributed by atoms with E-state index in [1.807, 2.05) is 0 Å². The smallest absolute Gasteiger partial charge is 0.221 e. The predicted octanol–water partition coefficient (Wildman–Crippen LogP) is 1.60. The number of hydrogen-bond donors (Lipinski definition) is 2. The van der Waals surface area contributed by atoms with Crippen LogP contribution in [0.25, 0.3) is 0 Å². The van der Waals surface area contributed by atoms with E-state index in [0.717, 1.165) is 31.5 Å². The molecule has 1 unspecified atom stereocenters. The van der Waals surface area contributed by atoms with Gasteiger partial charge in [0.05, 0.1) is 6.54 Å². The lowest BCUT2D eigenvalue weighted by molar-refractivity contribution is -0.121. The molecule has 1 fully saturated rings. The van der Waals surface area contributed by atoms with E-state index >= 15 is 0 Å². The maximum atomic E-state index is 12.9. The zero-order valence-electron chi connectivity index (χ0n) is 11.1. The summed E-state index contributed by atoms with van der Waals surface area (Å²) >= 11 is 0. The number of amides is 1. The summed E-state index contributed by atoms with van der Waals surface area (Å²) in [6, 6.07) is 3.61. The highest BCUT2D eigenvalue weighted by atomic mass is 19.2. The summed E-state index contributed by atoms with van der Waals surface area (Å²) in [5.41, 5.74) is 0. The summed E-state index contributed by atoms with van der Waals surface area (Å²) in [4.78, 5) is 11.6. The van der Waals surface area contributed by atoms with E-state index in [1.54, 1.807) is 0 Å². The Morgan fingerprint density at radius 1 is 1.40 bits per heavy atom. The van der Waals surface area contributed by atoms with Crippen LogP contribution in [0.1, 0.15) is 19.3 Å². The minimum atomic E-state index is -0.946. The lowest BCUT2D eigenvalue weighted by Gasteiger charge is -2.11. The van der Waals surface area contributed by atoms with Crippen LogP contribution in [0, 0.1) is 11.6 Å². The number of ether oxygens (including phenoxy) is 1. The summed E-state index contributed by atoms with van der Waals surface area (Å²) in [6.45, 7) is 1.52. The molecule has 0 aliphatic carbocycles. The molecule has 1 aliphatic heterocycles. The highest BCUT2D eigenvalue weighted by molar-refractivity contribution is 5.76. The van der Waals surface area contributed by atoms with Crippen LogP contribution in [-0.2, 0) is 4.79 Å². The van der Waals surface area contributed by atoms with Crippen LogP contribution in [0.4, 0.5) is 8.78 Å². The van der Waals surface area contributed by atoms with Gasteiger partial charge in [-0.2, -0.15) is 0 Å². The van der Waals surface area contributed by atoms with Crippen LogP contribution < -0.4 is 15.4 Å². The normalized spacial score (nSPS) is 18.0. The Balaban J connectivity index is 1.63. The molecule has 0 bridgehead atoms. The van der Waals surface area contributed by atoms with Gasteiger partial charge in [-0.15, -0.1) is 0 Å². The lowest BCUT2D eigenvalue weighted by atomic mass is 10.1. The molecule has 1 aromatic rings. The average molecular weight is 284 g/mol. The van der Waals surface area contributed by atoms with Crippen molar-refractivity contribution in [2.75, 3.05) is 19.7 Å². The molecule has 1 aromatic carbocycles. The molecule has 1 amide bonds. The first kappa shape index (κ1) is 14.7. The van der Waals surface area contributed by atoms with Crippen LogP contribution in [0.5, 0.6) is 5.75 Å². The van der Waals surface area contributed by atoms with Gasteiger partial charge in [0.1, 0.15) is 12.4 Å². The molecule has 6 heteroatoms. The number of nitrogens with one attached hydrogen (secondary N) is 2. The van der Waals surface area contributed by atoms with E-state index in [-0.39, 0.29) is 24.3 Å². The first-order valence-electron chi connectivity index (χ1n) is 6.73. The van der Waals surface area contributed by atoms with Gasteiger partial charge >= 0.3 is 0 Å². The van der Waals surface area contributed by atoms with Crippen molar-refractivity contribution in [2.24, 2.45) is 0 Å². The van der Waals surface area contributed by atoms with Crippen LogP contribution >= 0.6 is 0 Å². The quantitative estimate of drug-likeness (QED) is 0.780. The Bertz CT molecular complexity index is 462. The molecule has 2 rings (SSSR count). The molecule has 1 aliphatic rings. The first-order valence-corrected chi connectivity index (χ1v) is 6.73. The number of carbonyl (C=O) groups is 1. The molecule has 0 radical (unpaired) electrons. The van der Waals surface area contributed by atoms with Gasteiger partial charge in [0.25, 0.3) is 0 Å². The molecule has 0 spiro atoms. The van der Waals surface area contributed by atoms with E-state index in [0.29, 0.717) is 13.0 Å². The summed E-state index contributed by atoms with van der Waals surface area (Å²) in [6.07, 6.45) is 2.60. The van der Waals surface area contributed by atoms with Crippen molar-refractivity contribution in [1.82, 2.24) is 10.6 Å². The Labute approximate surface area is 116 Å². The maximum absolute atomic E-state index is 12.9. The lowest BCUT2D eigenvalue weighted by Crippen LogP contribution is -2.33. The molecule has 1 heterocycles. The zero-order chi connectivity index (χ0) is 14.4. The fourth-order valence-electron chi connectivity index (χ4n) is 2.15. The molecule has 110 valence electrons. The highest BCUT2D eigenvalue weighted by Crippen LogP contribution is 2.15. The maximum Gasteiger partial charge on any atom is 0.221 e. The van der Waals surface area contributed by atoms with Crippen LogP contribution in [-0.4, -0.2) is 31.6 Å². The second-order valence-electron chi connectivity index (χ2n) is 4.77. The van der Waals surface area contributed by atoms with Crippen molar-refractivity contribution in [1.29, 1.82) is 0 Å². The molecule has 1 atom stereocenters. The number of benzene rings is 1. The molecule has 0 aromatic heterocycles. The van der Waals surface area contributed by atoms with Gasteiger partial charge in [0.15, 0.2) is 11.6 Å². The van der Waals surface area contributed by atoms with Crippen LogP contribution in [0.2, 0.25) is 0 Å². The van der Waals surface area contributed by atoms with Gasteiger partial charge in [-0.3, -0.25) is 4.79 Å². The largest absolute Gasteiger partial charge is 0.492 e. The molecular formula is C14H18F2N2O2. The average Bonchev–Trinajstić information content (AvgIpc) is 2.91. The Hall–Kier alpha value is -1.69. The van der Waals surface area contributed by atoms with Crippen molar-refractivity contribution in [2.45, 2.75) is 25.3 Å². The van der Waals surface area contributed by atoms with E-state index in [4.69, 9.17) is 4.74 Å². The summed E-state index contributed by atoms with van der Waals surface area (Å²) in [5.74, 6) is -1.64. The minimum Gasteiger partial charge on any atom is -0.492 e. The fourth-order valence-corrected chi connectivity index (χ4v) is 2.15.